The van der Waals surface area contributed by atoms with Crippen LogP contribution in [0.15, 0.2) is 24.3 Å². The molecule has 0 radical (unpaired) electrons. The summed E-state index contributed by atoms with van der Waals surface area (Å²) < 4.78 is 29.8. The van der Waals surface area contributed by atoms with Crippen molar-refractivity contribution < 1.29 is 23.1 Å². The molecule has 3 aliphatic heterocycles. The normalized spacial score (nSPS) is 26.4. The van der Waals surface area contributed by atoms with E-state index in [0.29, 0.717) is 31.2 Å². The number of phenols is 1. The molecule has 178 valence electrons. The molecule has 0 saturated carbocycles. The lowest BCUT2D eigenvalue weighted by atomic mass is 9.90. The van der Waals surface area contributed by atoms with Crippen molar-refractivity contribution in [3.63, 3.8) is 0 Å². The maximum Gasteiger partial charge on any atom is 0.237 e. The molecule has 3 heterocycles. The minimum atomic E-state index is -3.04. The van der Waals surface area contributed by atoms with E-state index in [4.69, 9.17) is 4.74 Å². The maximum absolute atomic E-state index is 13.2. The number of hydrogen-bond acceptors (Lipinski definition) is 6. The van der Waals surface area contributed by atoms with Gasteiger partial charge in [-0.2, -0.15) is 0 Å². The van der Waals surface area contributed by atoms with Crippen molar-refractivity contribution in [1.82, 2.24) is 9.80 Å². The van der Waals surface area contributed by atoms with Crippen molar-refractivity contribution in [3.8, 4) is 5.75 Å². The lowest BCUT2D eigenvalue weighted by molar-refractivity contribution is -0.136. The summed E-state index contributed by atoms with van der Waals surface area (Å²) in [6.45, 7) is 3.43. The van der Waals surface area contributed by atoms with Crippen LogP contribution >= 0.6 is 0 Å². The standard InChI is InChI=1S/C24H36N2O5S/c27-22-7-5-19(6-8-22)3-4-20-9-12-25(13-10-20)17-24(28)26(16-23-2-1-14-31-23)21-11-15-32(29,30)18-21/h5-8,20-21,23,27H,1-4,9-18H2. The second-order valence-electron chi connectivity index (χ2n) is 9.66. The Kier molecular flexibility index (Phi) is 7.74. The molecular weight excluding hydrogens is 428 g/mol. The number of benzene rings is 1. The van der Waals surface area contributed by atoms with Crippen molar-refractivity contribution in [3.05, 3.63) is 29.8 Å². The fourth-order valence-electron chi connectivity index (χ4n) is 5.23. The van der Waals surface area contributed by atoms with Crippen LogP contribution in [0.1, 0.15) is 44.1 Å². The Bertz CT molecular complexity index is 859. The quantitative estimate of drug-likeness (QED) is 0.635. The van der Waals surface area contributed by atoms with Crippen molar-refractivity contribution in [2.75, 3.05) is 44.3 Å². The number of carbonyl (C=O) groups is 1. The summed E-state index contributed by atoms with van der Waals surface area (Å²) in [7, 11) is -3.04. The SMILES string of the molecule is O=C(CN1CCC(CCc2ccc(O)cc2)CC1)N(CC1CCCO1)C1CCS(=O)(=O)C1. The number of carbonyl (C=O) groups excluding carboxylic acids is 1. The molecule has 3 aliphatic rings. The molecule has 0 bridgehead atoms. The van der Waals surface area contributed by atoms with Crippen LogP contribution < -0.4 is 0 Å². The lowest BCUT2D eigenvalue weighted by Gasteiger charge is -2.35. The number of amides is 1. The van der Waals surface area contributed by atoms with E-state index in [9.17, 15) is 18.3 Å². The van der Waals surface area contributed by atoms with Crippen LogP contribution in [0.3, 0.4) is 0 Å². The van der Waals surface area contributed by atoms with Crippen molar-refractivity contribution >= 4 is 15.7 Å². The van der Waals surface area contributed by atoms with E-state index < -0.39 is 9.84 Å². The highest BCUT2D eigenvalue weighted by Gasteiger charge is 2.37. The van der Waals surface area contributed by atoms with Crippen molar-refractivity contribution in [1.29, 1.82) is 0 Å². The van der Waals surface area contributed by atoms with Gasteiger partial charge in [-0.15, -0.1) is 0 Å². The molecule has 3 saturated heterocycles. The molecule has 4 rings (SSSR count). The van der Waals surface area contributed by atoms with Crippen molar-refractivity contribution in [2.45, 2.75) is 57.1 Å². The summed E-state index contributed by atoms with van der Waals surface area (Å²) in [5, 5.41) is 9.41. The van der Waals surface area contributed by atoms with E-state index >= 15 is 0 Å². The first-order chi connectivity index (χ1) is 15.4. The molecule has 0 spiro atoms. The maximum atomic E-state index is 13.2. The number of aryl methyl sites for hydroxylation is 1. The van der Waals surface area contributed by atoms with Gasteiger partial charge < -0.3 is 14.7 Å². The van der Waals surface area contributed by atoms with E-state index in [2.05, 4.69) is 4.90 Å². The molecule has 0 aliphatic carbocycles. The fraction of sp³-hybridized carbons (Fsp3) is 0.708. The number of sulfone groups is 1. The third kappa shape index (κ3) is 6.45. The topological polar surface area (TPSA) is 87.2 Å². The monoisotopic (exact) mass is 464 g/mol. The van der Waals surface area contributed by atoms with E-state index in [0.717, 1.165) is 58.2 Å². The summed E-state index contributed by atoms with van der Waals surface area (Å²) in [5.74, 6) is 1.27. The minimum absolute atomic E-state index is 0.0351. The van der Waals surface area contributed by atoms with E-state index in [1.54, 1.807) is 12.1 Å². The van der Waals surface area contributed by atoms with Crippen LogP contribution in [0.5, 0.6) is 5.75 Å². The molecule has 8 heteroatoms. The Hall–Kier alpha value is -1.64. The molecular formula is C24H36N2O5S. The largest absolute Gasteiger partial charge is 0.508 e. The second kappa shape index (κ2) is 10.5. The van der Waals surface area contributed by atoms with Gasteiger partial charge in [-0.25, -0.2) is 8.42 Å². The molecule has 1 N–H and O–H groups in total. The van der Waals surface area contributed by atoms with Crippen LogP contribution in [0.2, 0.25) is 0 Å². The van der Waals surface area contributed by atoms with Crippen LogP contribution in [0.4, 0.5) is 0 Å². The Morgan fingerprint density at radius 2 is 1.88 bits per heavy atom. The molecule has 3 fully saturated rings. The van der Waals surface area contributed by atoms with Crippen LogP contribution in [-0.2, 0) is 25.8 Å². The van der Waals surface area contributed by atoms with Crippen LogP contribution in [0, 0.1) is 5.92 Å². The van der Waals surface area contributed by atoms with Gasteiger partial charge in [0.1, 0.15) is 5.75 Å². The fourth-order valence-corrected chi connectivity index (χ4v) is 6.96. The molecule has 1 aromatic rings. The van der Waals surface area contributed by atoms with E-state index in [1.807, 2.05) is 17.0 Å². The zero-order valence-corrected chi connectivity index (χ0v) is 19.6. The number of phenolic OH excluding ortho intramolecular Hbond substituents is 1. The third-order valence-corrected chi connectivity index (χ3v) is 8.99. The molecule has 1 amide bonds. The van der Waals surface area contributed by atoms with Crippen LogP contribution in [0.25, 0.3) is 0 Å². The number of rotatable bonds is 8. The average Bonchev–Trinajstić information content (AvgIpc) is 3.41. The predicted molar refractivity (Wildman–Crippen MR) is 123 cm³/mol. The second-order valence-corrected chi connectivity index (χ2v) is 11.9. The molecule has 2 unspecified atom stereocenters. The molecule has 32 heavy (non-hydrogen) atoms. The molecule has 2 atom stereocenters. The van der Waals surface area contributed by atoms with Crippen LogP contribution in [-0.4, -0.2) is 85.7 Å². The summed E-state index contributed by atoms with van der Waals surface area (Å²) in [4.78, 5) is 17.3. The minimum Gasteiger partial charge on any atom is -0.508 e. The van der Waals surface area contributed by atoms with E-state index in [-0.39, 0.29) is 29.6 Å². The first-order valence-corrected chi connectivity index (χ1v) is 13.8. The molecule has 7 nitrogen and oxygen atoms in total. The Morgan fingerprint density at radius 1 is 1.12 bits per heavy atom. The zero-order valence-electron chi connectivity index (χ0n) is 18.8. The number of nitrogens with zero attached hydrogens (tertiary/aromatic N) is 2. The lowest BCUT2D eigenvalue weighted by Crippen LogP contribution is -2.50. The van der Waals surface area contributed by atoms with Gasteiger partial charge in [0.15, 0.2) is 9.84 Å². The van der Waals surface area contributed by atoms with Gasteiger partial charge in [0.25, 0.3) is 0 Å². The Balaban J connectivity index is 1.26. The first kappa shape index (κ1) is 23.5. The number of ether oxygens (including phenoxy) is 1. The first-order valence-electron chi connectivity index (χ1n) is 12.0. The van der Waals surface area contributed by atoms with Gasteiger partial charge in [-0.1, -0.05) is 12.1 Å². The number of likely N-dealkylation sites (tertiary alicyclic amines) is 1. The third-order valence-electron chi connectivity index (χ3n) is 7.24. The highest BCUT2D eigenvalue weighted by molar-refractivity contribution is 7.91. The predicted octanol–water partition coefficient (Wildman–Crippen LogP) is 2.23. The number of hydrogen-bond donors (Lipinski definition) is 1. The zero-order chi connectivity index (χ0) is 22.6. The summed E-state index contributed by atoms with van der Waals surface area (Å²) in [6.07, 6.45) is 6.81. The summed E-state index contributed by atoms with van der Waals surface area (Å²) in [5.41, 5.74) is 1.25. The summed E-state index contributed by atoms with van der Waals surface area (Å²) in [6, 6.07) is 7.23. The van der Waals surface area contributed by atoms with Crippen molar-refractivity contribution in [2.24, 2.45) is 5.92 Å². The molecule has 1 aromatic carbocycles. The smallest absolute Gasteiger partial charge is 0.237 e. The highest BCUT2D eigenvalue weighted by atomic mass is 32.2. The average molecular weight is 465 g/mol. The summed E-state index contributed by atoms with van der Waals surface area (Å²) >= 11 is 0. The van der Waals surface area contributed by atoms with Gasteiger partial charge in [-0.3, -0.25) is 9.69 Å². The van der Waals surface area contributed by atoms with Gasteiger partial charge in [0, 0.05) is 19.2 Å². The Labute approximate surface area is 191 Å². The molecule has 0 aromatic heterocycles. The van der Waals surface area contributed by atoms with Gasteiger partial charge >= 0.3 is 0 Å². The van der Waals surface area contributed by atoms with Gasteiger partial charge in [0.2, 0.25) is 5.91 Å². The number of aromatic hydroxyl groups is 1. The highest BCUT2D eigenvalue weighted by Crippen LogP contribution is 2.25. The van der Waals surface area contributed by atoms with E-state index in [1.165, 1.54) is 5.56 Å². The van der Waals surface area contributed by atoms with Gasteiger partial charge in [-0.05, 0) is 81.6 Å². The number of piperidine rings is 1. The Morgan fingerprint density at radius 3 is 2.50 bits per heavy atom. The van der Waals surface area contributed by atoms with Gasteiger partial charge in [0.05, 0.1) is 24.2 Å².